The molecule has 6 heteroatoms. The van der Waals surface area contributed by atoms with E-state index in [1.54, 1.807) is 5.57 Å². The third kappa shape index (κ3) is 5.76. The molecule has 0 amide bonds. The fraction of sp³-hybridized carbons (Fsp3) is 0.471. The standard InChI is InChI=1S/C34H44N4.2BrH/c1-9-24-20(5)29(36-23(24)8)16-32-26(11-3)21(6)30(37-32)17-33-27-14-12-13-15-28(27)34(38-33)18-31-25(10-2)19(4)22(7)35-31;;/h16,18,35-36H,9-15,17H2,1-8H3;2*1H/b32-16-,34-18-;;. The van der Waals surface area contributed by atoms with Gasteiger partial charge in [0.1, 0.15) is 6.42 Å². The lowest BCUT2D eigenvalue weighted by molar-refractivity contribution is -0.393. The van der Waals surface area contributed by atoms with Crippen molar-refractivity contribution in [3.8, 4) is 0 Å². The SMILES string of the molecule is CCC1=C(C)C(CC2=[NH+]/C(=C\c3[nH]c(C)c(C)c3CC)C3=C2CCCC3)=[NH+]/C1=C\c1[nH]c(C)c(CC)c1C.[Br-].[Br-]. The lowest BCUT2D eigenvalue weighted by Gasteiger charge is -2.11. The Morgan fingerprint density at radius 3 is 1.88 bits per heavy atom. The first-order valence-corrected chi connectivity index (χ1v) is 14.8. The summed E-state index contributed by atoms with van der Waals surface area (Å²) in [6, 6.07) is 0. The maximum absolute atomic E-state index is 3.91. The number of aromatic amines is 2. The first-order chi connectivity index (χ1) is 18.3. The molecule has 5 rings (SSSR count). The highest BCUT2D eigenvalue weighted by molar-refractivity contribution is 6.15. The lowest BCUT2D eigenvalue weighted by Crippen LogP contribution is -3.00. The van der Waals surface area contributed by atoms with Gasteiger partial charge in [0, 0.05) is 57.2 Å². The van der Waals surface area contributed by atoms with Crippen LogP contribution >= 0.6 is 0 Å². The van der Waals surface area contributed by atoms with Crippen molar-refractivity contribution >= 4 is 23.6 Å². The number of hydrogen-bond donors (Lipinski definition) is 4. The van der Waals surface area contributed by atoms with Crippen LogP contribution in [0.4, 0.5) is 0 Å². The van der Waals surface area contributed by atoms with Crippen molar-refractivity contribution in [2.75, 3.05) is 0 Å². The number of halogens is 2. The van der Waals surface area contributed by atoms with E-state index >= 15 is 0 Å². The van der Waals surface area contributed by atoms with Gasteiger partial charge >= 0.3 is 0 Å². The average Bonchev–Trinajstić information content (AvgIpc) is 3.57. The molecule has 4 N–H and O–H groups in total. The minimum Gasteiger partial charge on any atom is -1.00 e. The molecule has 0 atom stereocenters. The molecule has 216 valence electrons. The molecule has 0 bridgehead atoms. The van der Waals surface area contributed by atoms with E-state index < -0.39 is 0 Å². The summed E-state index contributed by atoms with van der Waals surface area (Å²) in [7, 11) is 0. The van der Waals surface area contributed by atoms with E-state index in [1.807, 2.05) is 0 Å². The molecule has 4 nitrogen and oxygen atoms in total. The van der Waals surface area contributed by atoms with E-state index in [9.17, 15) is 0 Å². The molecule has 0 unspecified atom stereocenters. The van der Waals surface area contributed by atoms with Crippen LogP contribution < -0.4 is 43.9 Å². The summed E-state index contributed by atoms with van der Waals surface area (Å²) in [4.78, 5) is 15.1. The summed E-state index contributed by atoms with van der Waals surface area (Å²) in [5, 5.41) is 0. The topological polar surface area (TPSA) is 59.5 Å². The van der Waals surface area contributed by atoms with Crippen molar-refractivity contribution in [1.82, 2.24) is 9.97 Å². The zero-order valence-corrected chi connectivity index (χ0v) is 28.7. The number of allylic oxidation sites excluding steroid dienone is 4. The Kier molecular flexibility index (Phi) is 10.7. The van der Waals surface area contributed by atoms with Gasteiger partial charge in [-0.2, -0.15) is 0 Å². The van der Waals surface area contributed by atoms with Gasteiger partial charge in [-0.3, -0.25) is 0 Å². The van der Waals surface area contributed by atoms with Crippen LogP contribution in [-0.4, -0.2) is 21.4 Å². The Morgan fingerprint density at radius 2 is 1.25 bits per heavy atom. The van der Waals surface area contributed by atoms with E-state index in [1.165, 1.54) is 110 Å². The molecule has 0 saturated carbocycles. The molecule has 1 aliphatic carbocycles. The van der Waals surface area contributed by atoms with Crippen molar-refractivity contribution in [3.63, 3.8) is 0 Å². The van der Waals surface area contributed by atoms with E-state index in [0.717, 1.165) is 25.7 Å². The number of nitrogens with one attached hydrogen (secondary N) is 4. The number of aryl methyl sites for hydroxylation is 2. The molecule has 2 aromatic rings. The van der Waals surface area contributed by atoms with Crippen molar-refractivity contribution < 1.29 is 43.9 Å². The molecular formula is C34H46Br2N4. The van der Waals surface area contributed by atoms with E-state index in [-0.39, 0.29) is 34.0 Å². The largest absolute Gasteiger partial charge is 1.00 e. The smallest absolute Gasteiger partial charge is 0.209 e. The highest BCUT2D eigenvalue weighted by atomic mass is 79.9. The maximum Gasteiger partial charge on any atom is 0.209 e. The predicted molar refractivity (Wildman–Crippen MR) is 160 cm³/mol. The molecule has 3 aliphatic rings. The Labute approximate surface area is 261 Å². The normalized spacial score (nSPS) is 18.8. The Balaban J connectivity index is 0.00000220. The van der Waals surface area contributed by atoms with E-state index in [0.29, 0.717) is 0 Å². The highest BCUT2D eigenvalue weighted by Gasteiger charge is 2.36. The fourth-order valence-corrected chi connectivity index (χ4v) is 6.93. The second-order valence-electron chi connectivity index (χ2n) is 11.4. The van der Waals surface area contributed by atoms with Crippen molar-refractivity contribution in [3.05, 3.63) is 78.7 Å². The molecule has 0 fully saturated rings. The zero-order valence-electron chi connectivity index (χ0n) is 25.6. The summed E-state index contributed by atoms with van der Waals surface area (Å²) < 4.78 is 0. The molecule has 0 radical (unpaired) electrons. The second-order valence-corrected chi connectivity index (χ2v) is 11.4. The van der Waals surface area contributed by atoms with Crippen molar-refractivity contribution in [1.29, 1.82) is 0 Å². The maximum atomic E-state index is 3.91. The first-order valence-electron chi connectivity index (χ1n) is 14.8. The molecule has 40 heavy (non-hydrogen) atoms. The van der Waals surface area contributed by atoms with Gasteiger partial charge in [-0.05, 0) is 102 Å². The van der Waals surface area contributed by atoms with Crippen LogP contribution in [0.5, 0.6) is 0 Å². The molecule has 4 heterocycles. The van der Waals surface area contributed by atoms with Crippen LogP contribution in [0.1, 0.15) is 111 Å². The molecular weight excluding hydrogens is 624 g/mol. The van der Waals surface area contributed by atoms with Gasteiger partial charge in [0.2, 0.25) is 11.4 Å². The number of rotatable bonds is 7. The molecule has 0 aromatic carbocycles. The summed E-state index contributed by atoms with van der Waals surface area (Å²) in [5.74, 6) is 0. The van der Waals surface area contributed by atoms with Gasteiger partial charge < -0.3 is 43.9 Å². The van der Waals surface area contributed by atoms with E-state index in [2.05, 4.69) is 87.5 Å². The van der Waals surface area contributed by atoms with Gasteiger partial charge in [-0.1, -0.05) is 20.8 Å². The Hall–Kier alpha value is -2.18. The van der Waals surface area contributed by atoms with Crippen molar-refractivity contribution in [2.24, 2.45) is 0 Å². The van der Waals surface area contributed by atoms with Crippen LogP contribution in [0.15, 0.2) is 33.7 Å². The van der Waals surface area contributed by atoms with Gasteiger partial charge in [0.25, 0.3) is 0 Å². The third-order valence-corrected chi connectivity index (χ3v) is 9.24. The van der Waals surface area contributed by atoms with Crippen molar-refractivity contribution in [2.45, 2.75) is 107 Å². The van der Waals surface area contributed by atoms with Crippen LogP contribution in [0, 0.1) is 27.7 Å². The summed E-state index contributed by atoms with van der Waals surface area (Å²) in [6.07, 6.45) is 13.7. The summed E-state index contributed by atoms with van der Waals surface area (Å²) in [5.41, 5.74) is 22.0. The monoisotopic (exact) mass is 668 g/mol. The molecule has 2 aliphatic heterocycles. The van der Waals surface area contributed by atoms with Gasteiger partial charge in [0.15, 0.2) is 11.4 Å². The van der Waals surface area contributed by atoms with Crippen LogP contribution in [0.2, 0.25) is 0 Å². The van der Waals surface area contributed by atoms with Gasteiger partial charge in [-0.25, -0.2) is 9.98 Å². The minimum atomic E-state index is 0. The molecule has 0 saturated heterocycles. The quantitative estimate of drug-likeness (QED) is 0.297. The van der Waals surface area contributed by atoms with E-state index in [4.69, 9.17) is 0 Å². The highest BCUT2D eigenvalue weighted by Crippen LogP contribution is 2.33. The van der Waals surface area contributed by atoms with Crippen LogP contribution in [0.3, 0.4) is 0 Å². The van der Waals surface area contributed by atoms with Gasteiger partial charge in [0.05, 0.1) is 0 Å². The third-order valence-electron chi connectivity index (χ3n) is 9.24. The predicted octanol–water partition coefficient (Wildman–Crippen LogP) is -0.851. The molecule has 0 spiro atoms. The molecule has 2 aromatic heterocycles. The summed E-state index contributed by atoms with van der Waals surface area (Å²) in [6.45, 7) is 17.9. The number of H-pyrrole nitrogens is 2. The summed E-state index contributed by atoms with van der Waals surface area (Å²) >= 11 is 0. The first kappa shape index (κ1) is 32.3. The van der Waals surface area contributed by atoms with Crippen LogP contribution in [-0.2, 0) is 12.8 Å². The van der Waals surface area contributed by atoms with Gasteiger partial charge in [-0.15, -0.1) is 0 Å². The minimum absolute atomic E-state index is 0. The fourth-order valence-electron chi connectivity index (χ4n) is 6.93. The Morgan fingerprint density at radius 1 is 0.650 bits per heavy atom. The Bertz CT molecular complexity index is 1480. The lowest BCUT2D eigenvalue weighted by atomic mass is 9.87. The number of aromatic nitrogens is 2. The zero-order chi connectivity index (χ0) is 27.1. The van der Waals surface area contributed by atoms with Crippen LogP contribution in [0.25, 0.3) is 12.2 Å². The number of hydrogen-bond acceptors (Lipinski definition) is 0. The second kappa shape index (κ2) is 13.2. The average molecular weight is 671 g/mol.